The maximum absolute atomic E-state index is 12.2. The zero-order valence-electron chi connectivity index (χ0n) is 10.3. The first-order valence-corrected chi connectivity index (χ1v) is 5.96. The van der Waals surface area contributed by atoms with Gasteiger partial charge in [0.15, 0.2) is 0 Å². The fraction of sp³-hybridized carbons (Fsp3) is 0.917. The quantitative estimate of drug-likeness (QED) is 0.721. The Kier molecular flexibility index (Phi) is 2.75. The minimum atomic E-state index is -0.587. The van der Waals surface area contributed by atoms with Crippen molar-refractivity contribution in [2.24, 2.45) is 11.1 Å². The number of fused-ring (bicyclic) bond motifs is 2. The zero-order valence-corrected chi connectivity index (χ0v) is 10.3. The summed E-state index contributed by atoms with van der Waals surface area (Å²) in [7, 11) is 0. The van der Waals surface area contributed by atoms with Gasteiger partial charge in [-0.15, -0.1) is 0 Å². The molecule has 2 rings (SSSR count). The summed E-state index contributed by atoms with van der Waals surface area (Å²) in [5.74, 6) is -0.185. The lowest BCUT2D eigenvalue weighted by molar-refractivity contribution is -0.170. The van der Waals surface area contributed by atoms with Gasteiger partial charge in [0.1, 0.15) is 11.0 Å². The van der Waals surface area contributed by atoms with Crippen molar-refractivity contribution in [1.29, 1.82) is 0 Å². The molecule has 0 unspecified atom stereocenters. The molecule has 0 aliphatic carbocycles. The normalized spacial score (nSPS) is 37.8. The van der Waals surface area contributed by atoms with Crippen LogP contribution in [0.15, 0.2) is 0 Å². The summed E-state index contributed by atoms with van der Waals surface area (Å²) >= 11 is 0. The molecule has 0 spiro atoms. The van der Waals surface area contributed by atoms with E-state index in [9.17, 15) is 4.79 Å². The predicted molar refractivity (Wildman–Crippen MR) is 59.8 cm³/mol. The monoisotopic (exact) mass is 227 g/mol. The summed E-state index contributed by atoms with van der Waals surface area (Å²) in [6.07, 6.45) is 2.89. The largest absolute Gasteiger partial charge is 0.459 e. The van der Waals surface area contributed by atoms with Gasteiger partial charge in [-0.3, -0.25) is 4.79 Å². The van der Waals surface area contributed by atoms with Crippen molar-refractivity contribution < 1.29 is 14.3 Å². The molecule has 0 aromatic carbocycles. The Labute approximate surface area is 96.5 Å². The van der Waals surface area contributed by atoms with Crippen molar-refractivity contribution >= 4 is 5.97 Å². The summed E-state index contributed by atoms with van der Waals surface area (Å²) in [6.45, 7) is 5.96. The lowest BCUT2D eigenvalue weighted by Gasteiger charge is -2.34. The van der Waals surface area contributed by atoms with Crippen LogP contribution >= 0.6 is 0 Å². The second-order valence-corrected chi connectivity index (χ2v) is 5.89. The fourth-order valence-electron chi connectivity index (χ4n) is 2.69. The third-order valence-corrected chi connectivity index (χ3v) is 3.49. The molecule has 3 atom stereocenters. The zero-order chi connectivity index (χ0) is 12.0. The van der Waals surface area contributed by atoms with Crippen LogP contribution in [0.25, 0.3) is 0 Å². The Morgan fingerprint density at radius 3 is 2.56 bits per heavy atom. The van der Waals surface area contributed by atoms with E-state index in [2.05, 4.69) is 0 Å². The first-order chi connectivity index (χ1) is 7.37. The van der Waals surface area contributed by atoms with Crippen molar-refractivity contribution in [2.45, 2.75) is 57.8 Å². The van der Waals surface area contributed by atoms with Gasteiger partial charge in [0.05, 0.1) is 12.2 Å². The summed E-state index contributed by atoms with van der Waals surface area (Å²) in [5.41, 5.74) is 4.75. The van der Waals surface area contributed by atoms with Crippen LogP contribution in [0.2, 0.25) is 0 Å². The Hall–Kier alpha value is -0.610. The van der Waals surface area contributed by atoms with Crippen LogP contribution in [0.1, 0.15) is 40.0 Å². The molecule has 4 heteroatoms. The molecule has 2 N–H and O–H groups in total. The molecule has 4 nitrogen and oxygen atoms in total. The van der Waals surface area contributed by atoms with Crippen LogP contribution in [0.3, 0.4) is 0 Å². The number of hydrogen-bond donors (Lipinski definition) is 1. The van der Waals surface area contributed by atoms with Crippen molar-refractivity contribution in [1.82, 2.24) is 0 Å². The minimum absolute atomic E-state index is 0.0302. The average Bonchev–Trinajstić information content (AvgIpc) is 2.74. The molecular formula is C12H21NO3. The summed E-state index contributed by atoms with van der Waals surface area (Å²) < 4.78 is 11.2. The third kappa shape index (κ3) is 1.84. The maximum atomic E-state index is 12.2. The molecule has 92 valence electrons. The van der Waals surface area contributed by atoms with Crippen LogP contribution < -0.4 is 5.73 Å². The van der Waals surface area contributed by atoms with Crippen molar-refractivity contribution in [3.63, 3.8) is 0 Å². The van der Waals surface area contributed by atoms with Gasteiger partial charge in [-0.25, -0.2) is 0 Å². The number of hydrogen-bond acceptors (Lipinski definition) is 4. The highest BCUT2D eigenvalue weighted by atomic mass is 16.6. The lowest BCUT2D eigenvalue weighted by atomic mass is 9.74. The van der Waals surface area contributed by atoms with Gasteiger partial charge < -0.3 is 15.2 Å². The molecule has 2 aliphatic heterocycles. The molecule has 2 bridgehead atoms. The van der Waals surface area contributed by atoms with E-state index in [1.807, 2.05) is 20.8 Å². The second-order valence-electron chi connectivity index (χ2n) is 5.89. The van der Waals surface area contributed by atoms with Gasteiger partial charge in [-0.2, -0.15) is 0 Å². The van der Waals surface area contributed by atoms with Crippen LogP contribution in [-0.4, -0.2) is 30.3 Å². The van der Waals surface area contributed by atoms with Gasteiger partial charge in [0.2, 0.25) is 0 Å². The van der Waals surface area contributed by atoms with E-state index in [-0.39, 0.29) is 18.2 Å². The first-order valence-electron chi connectivity index (χ1n) is 5.96. The molecule has 16 heavy (non-hydrogen) atoms. The number of carbonyl (C=O) groups is 1. The second kappa shape index (κ2) is 3.70. The molecule has 0 amide bonds. The third-order valence-electron chi connectivity index (χ3n) is 3.49. The predicted octanol–water partition coefficient (Wildman–Crippen LogP) is 1.22. The van der Waals surface area contributed by atoms with Gasteiger partial charge >= 0.3 is 5.97 Å². The molecule has 0 aromatic rings. The first kappa shape index (κ1) is 11.9. The molecule has 0 aromatic heterocycles. The van der Waals surface area contributed by atoms with E-state index in [1.54, 1.807) is 0 Å². The number of ether oxygens (including phenoxy) is 2. The topological polar surface area (TPSA) is 61.5 Å². The molecule has 2 heterocycles. The van der Waals surface area contributed by atoms with Crippen molar-refractivity contribution in [2.75, 3.05) is 6.54 Å². The Balaban J connectivity index is 2.14. The molecule has 2 aliphatic rings. The van der Waals surface area contributed by atoms with E-state index in [1.165, 1.54) is 0 Å². The highest BCUT2D eigenvalue weighted by Gasteiger charge is 2.57. The van der Waals surface area contributed by atoms with Crippen molar-refractivity contribution in [3.8, 4) is 0 Å². The minimum Gasteiger partial charge on any atom is -0.459 e. The average molecular weight is 227 g/mol. The van der Waals surface area contributed by atoms with Crippen LogP contribution in [0, 0.1) is 5.41 Å². The smallest absolute Gasteiger partial charge is 0.316 e. The highest BCUT2D eigenvalue weighted by Crippen LogP contribution is 2.48. The molecular weight excluding hydrogens is 206 g/mol. The Morgan fingerprint density at radius 2 is 2.19 bits per heavy atom. The molecule has 0 radical (unpaired) electrons. The maximum Gasteiger partial charge on any atom is 0.316 e. The van der Waals surface area contributed by atoms with Gasteiger partial charge in [0, 0.05) is 6.54 Å². The van der Waals surface area contributed by atoms with E-state index in [0.29, 0.717) is 6.54 Å². The number of nitrogens with two attached hydrogens (primary N) is 1. The number of rotatable bonds is 2. The van der Waals surface area contributed by atoms with Gasteiger partial charge in [0.25, 0.3) is 0 Å². The van der Waals surface area contributed by atoms with Gasteiger partial charge in [-0.05, 0) is 40.0 Å². The molecule has 0 saturated carbocycles. The number of carbonyl (C=O) groups excluding carboxylic acids is 1. The standard InChI is InChI=1S/C12H21NO3/c1-11(2,3)16-10(14)12(7-13)6-8-4-5-9(12)15-8/h8-9H,4-7,13H2,1-3H3/t8-,9+,12-/m0/s1. The van der Waals surface area contributed by atoms with E-state index in [0.717, 1.165) is 19.3 Å². The van der Waals surface area contributed by atoms with E-state index >= 15 is 0 Å². The fourth-order valence-corrected chi connectivity index (χ4v) is 2.69. The number of esters is 1. The summed E-state index contributed by atoms with van der Waals surface area (Å²) in [6, 6.07) is 0. The van der Waals surface area contributed by atoms with Crippen LogP contribution in [0.5, 0.6) is 0 Å². The van der Waals surface area contributed by atoms with Crippen LogP contribution in [-0.2, 0) is 14.3 Å². The van der Waals surface area contributed by atoms with E-state index < -0.39 is 11.0 Å². The highest BCUT2D eigenvalue weighted by molar-refractivity contribution is 5.79. The Bertz CT molecular complexity index is 297. The Morgan fingerprint density at radius 1 is 1.50 bits per heavy atom. The van der Waals surface area contributed by atoms with Crippen LogP contribution in [0.4, 0.5) is 0 Å². The van der Waals surface area contributed by atoms with Gasteiger partial charge in [-0.1, -0.05) is 0 Å². The molecule has 2 fully saturated rings. The van der Waals surface area contributed by atoms with E-state index in [4.69, 9.17) is 15.2 Å². The van der Waals surface area contributed by atoms with Crippen molar-refractivity contribution in [3.05, 3.63) is 0 Å². The lowest BCUT2D eigenvalue weighted by Crippen LogP contribution is -2.49. The SMILES string of the molecule is CC(C)(C)OC(=O)[C@]1(CN)C[C@@H]2CC[C@H]1O2. The summed E-state index contributed by atoms with van der Waals surface area (Å²) in [5, 5.41) is 0. The summed E-state index contributed by atoms with van der Waals surface area (Å²) in [4.78, 5) is 12.2. The molecule has 2 saturated heterocycles.